The Morgan fingerprint density at radius 3 is 2.38 bits per heavy atom. The van der Waals surface area contributed by atoms with Gasteiger partial charge in [-0.2, -0.15) is 0 Å². The summed E-state index contributed by atoms with van der Waals surface area (Å²) in [6.45, 7) is 0.181. The lowest BCUT2D eigenvalue weighted by Gasteiger charge is -2.09. The lowest BCUT2D eigenvalue weighted by atomic mass is 10.00. The number of nitrogens with one attached hydrogen (secondary N) is 2. The summed E-state index contributed by atoms with van der Waals surface area (Å²) in [5.74, 6) is -0.548. The molecule has 0 atom stereocenters. The topological polar surface area (TPSA) is 121 Å². The third-order valence-corrected chi connectivity index (χ3v) is 5.87. The zero-order valence-electron chi connectivity index (χ0n) is 18.6. The van der Waals surface area contributed by atoms with Crippen molar-refractivity contribution in [2.24, 2.45) is 4.99 Å². The van der Waals surface area contributed by atoms with Gasteiger partial charge in [-0.3, -0.25) is 0 Å². The smallest absolute Gasteiger partial charge is 0.337 e. The van der Waals surface area contributed by atoms with Crippen molar-refractivity contribution < 1.29 is 23.1 Å². The quantitative estimate of drug-likeness (QED) is 0.276. The highest BCUT2D eigenvalue weighted by atomic mass is 32.2. The Bertz CT molecular complexity index is 1470. The van der Waals surface area contributed by atoms with Gasteiger partial charge in [0.1, 0.15) is 0 Å². The number of sulfonamides is 1. The number of aromatic hydroxyl groups is 1. The molecule has 4 aromatic rings. The molecule has 1 heterocycles. The van der Waals surface area contributed by atoms with Crippen LogP contribution in [0.25, 0.3) is 10.9 Å². The van der Waals surface area contributed by atoms with Crippen LogP contribution < -0.4 is 4.72 Å². The van der Waals surface area contributed by atoms with E-state index in [2.05, 4.69) is 9.71 Å². The van der Waals surface area contributed by atoms with Gasteiger partial charge in [-0.25, -0.2) is 22.9 Å². The molecule has 0 aliphatic carbocycles. The second-order valence-corrected chi connectivity index (χ2v) is 9.52. The second kappa shape index (κ2) is 9.50. The number of aliphatic imine (C=N–C) groups is 1. The Morgan fingerprint density at radius 2 is 1.74 bits per heavy atom. The van der Waals surface area contributed by atoms with E-state index in [1.807, 2.05) is 30.3 Å². The summed E-state index contributed by atoms with van der Waals surface area (Å²) < 4.78 is 29.9. The molecule has 3 aromatic carbocycles. The molecule has 0 fully saturated rings. The molecule has 0 bridgehead atoms. The normalized spacial score (nSPS) is 12.1. The average Bonchev–Trinajstić information content (AvgIpc) is 3.16. The fourth-order valence-corrected chi connectivity index (χ4v) is 3.99. The highest BCUT2D eigenvalue weighted by Crippen LogP contribution is 2.32. The molecule has 0 unspecified atom stereocenters. The van der Waals surface area contributed by atoms with Gasteiger partial charge in [0, 0.05) is 23.0 Å². The first-order valence-corrected chi connectivity index (χ1v) is 12.3. The Kier molecular flexibility index (Phi) is 6.49. The van der Waals surface area contributed by atoms with E-state index < -0.39 is 16.0 Å². The van der Waals surface area contributed by atoms with Gasteiger partial charge in [-0.15, -0.1) is 0 Å². The maximum atomic E-state index is 11.9. The number of carbonyl (C=O) groups is 1. The van der Waals surface area contributed by atoms with Crippen LogP contribution in [-0.4, -0.2) is 43.6 Å². The molecule has 8 nitrogen and oxygen atoms in total. The van der Waals surface area contributed by atoms with Crippen molar-refractivity contribution in [3.8, 4) is 5.88 Å². The first-order chi connectivity index (χ1) is 16.2. The van der Waals surface area contributed by atoms with E-state index in [9.17, 15) is 18.3 Å². The fraction of sp³-hybridized carbons (Fsp3) is 0.120. The van der Waals surface area contributed by atoms with Crippen LogP contribution in [0.1, 0.15) is 27.0 Å². The predicted molar refractivity (Wildman–Crippen MR) is 131 cm³/mol. The molecule has 0 amide bonds. The van der Waals surface area contributed by atoms with E-state index in [4.69, 9.17) is 9.73 Å². The van der Waals surface area contributed by atoms with Gasteiger partial charge in [0.2, 0.25) is 10.0 Å². The number of methoxy groups -OCH3 is 1. The van der Waals surface area contributed by atoms with Crippen molar-refractivity contribution in [3.63, 3.8) is 0 Å². The van der Waals surface area contributed by atoms with E-state index in [1.165, 1.54) is 7.11 Å². The van der Waals surface area contributed by atoms with Gasteiger partial charge in [0.25, 0.3) is 0 Å². The molecule has 0 saturated heterocycles. The Balaban J connectivity index is 1.79. The van der Waals surface area contributed by atoms with Gasteiger partial charge >= 0.3 is 5.97 Å². The van der Waals surface area contributed by atoms with Crippen molar-refractivity contribution in [2.45, 2.75) is 6.54 Å². The van der Waals surface area contributed by atoms with E-state index in [-0.39, 0.29) is 12.4 Å². The maximum Gasteiger partial charge on any atom is 0.337 e. The van der Waals surface area contributed by atoms with E-state index in [1.54, 1.807) is 42.5 Å². The number of nitrogens with zero attached hydrogens (tertiary/aromatic N) is 1. The molecule has 4 rings (SSSR count). The number of esters is 1. The molecule has 34 heavy (non-hydrogen) atoms. The highest BCUT2D eigenvalue weighted by molar-refractivity contribution is 7.88. The third kappa shape index (κ3) is 5.16. The van der Waals surface area contributed by atoms with Crippen LogP contribution in [0.5, 0.6) is 5.88 Å². The summed E-state index contributed by atoms with van der Waals surface area (Å²) in [6.07, 6.45) is 1.11. The largest absolute Gasteiger partial charge is 0.494 e. The number of aromatic nitrogens is 1. The van der Waals surface area contributed by atoms with E-state index in [0.29, 0.717) is 33.4 Å². The first kappa shape index (κ1) is 23.2. The van der Waals surface area contributed by atoms with Crippen LogP contribution in [0.15, 0.2) is 77.8 Å². The molecule has 0 aliphatic rings. The van der Waals surface area contributed by atoms with Gasteiger partial charge in [-0.1, -0.05) is 48.5 Å². The van der Waals surface area contributed by atoms with Crippen LogP contribution >= 0.6 is 0 Å². The summed E-state index contributed by atoms with van der Waals surface area (Å²) in [4.78, 5) is 19.7. The SMILES string of the molecule is COC(=O)c1ccc2c(C(=Nc3ccc(CNS(C)(=O)=O)cc3)c3ccccc3)c(O)[nH]c2c1. The lowest BCUT2D eigenvalue weighted by Crippen LogP contribution is -2.21. The molecule has 1 aromatic heterocycles. The van der Waals surface area contributed by atoms with Crippen molar-refractivity contribution in [1.29, 1.82) is 0 Å². The van der Waals surface area contributed by atoms with E-state index >= 15 is 0 Å². The highest BCUT2D eigenvalue weighted by Gasteiger charge is 2.20. The Morgan fingerprint density at radius 1 is 1.03 bits per heavy atom. The number of rotatable bonds is 7. The van der Waals surface area contributed by atoms with Crippen molar-refractivity contribution in [2.75, 3.05) is 13.4 Å². The molecule has 3 N–H and O–H groups in total. The van der Waals surface area contributed by atoms with Crippen LogP contribution in [0.2, 0.25) is 0 Å². The van der Waals surface area contributed by atoms with Crippen molar-refractivity contribution in [3.05, 3.63) is 95.1 Å². The number of carbonyl (C=O) groups excluding carboxylic acids is 1. The number of ether oxygens (including phenoxy) is 1. The number of H-pyrrole nitrogens is 1. The Hall–Kier alpha value is -3.95. The number of fused-ring (bicyclic) bond motifs is 1. The van der Waals surface area contributed by atoms with Crippen molar-refractivity contribution >= 4 is 38.3 Å². The summed E-state index contributed by atoms with van der Waals surface area (Å²) in [5.41, 5.74) is 4.18. The zero-order valence-corrected chi connectivity index (χ0v) is 19.4. The van der Waals surface area contributed by atoms with Gasteiger partial charge in [0.15, 0.2) is 5.88 Å². The molecular formula is C25H23N3O5S. The summed E-state index contributed by atoms with van der Waals surface area (Å²) >= 11 is 0. The second-order valence-electron chi connectivity index (χ2n) is 7.69. The van der Waals surface area contributed by atoms with Gasteiger partial charge < -0.3 is 14.8 Å². The third-order valence-electron chi connectivity index (χ3n) is 5.20. The molecule has 9 heteroatoms. The monoisotopic (exact) mass is 477 g/mol. The van der Waals surface area contributed by atoms with Crippen molar-refractivity contribution in [1.82, 2.24) is 9.71 Å². The maximum absolute atomic E-state index is 11.9. The van der Waals surface area contributed by atoms with Crippen LogP contribution in [-0.2, 0) is 21.3 Å². The van der Waals surface area contributed by atoms with Gasteiger partial charge in [-0.05, 0) is 29.8 Å². The number of benzene rings is 3. The van der Waals surface area contributed by atoms with Gasteiger partial charge in [0.05, 0.1) is 35.9 Å². The van der Waals surface area contributed by atoms with Crippen LogP contribution in [0, 0.1) is 0 Å². The molecule has 174 valence electrons. The number of aromatic amines is 1. The summed E-state index contributed by atoms with van der Waals surface area (Å²) in [5, 5.41) is 11.5. The standard InChI is InChI=1S/C25H23N3O5S/c1-33-25(30)18-10-13-20-21(14-18)28-24(29)22(20)23(17-6-4-3-5-7-17)27-19-11-8-16(9-12-19)15-26-34(2,31)32/h3-14,26,28-29H,15H2,1-2H3. The summed E-state index contributed by atoms with van der Waals surface area (Å²) in [7, 11) is -1.98. The minimum atomic E-state index is -3.29. The van der Waals surface area contributed by atoms with Crippen LogP contribution in [0.3, 0.4) is 0 Å². The minimum Gasteiger partial charge on any atom is -0.494 e. The fourth-order valence-electron chi connectivity index (χ4n) is 3.56. The number of hydrogen-bond donors (Lipinski definition) is 3. The Labute approximate surface area is 197 Å². The lowest BCUT2D eigenvalue weighted by molar-refractivity contribution is 0.0601. The molecule has 0 radical (unpaired) electrons. The molecule has 0 aliphatic heterocycles. The van der Waals surface area contributed by atoms with E-state index in [0.717, 1.165) is 17.4 Å². The average molecular weight is 478 g/mol. The predicted octanol–water partition coefficient (Wildman–Crippen LogP) is 3.88. The summed E-state index contributed by atoms with van der Waals surface area (Å²) in [6, 6.07) is 21.6. The van der Waals surface area contributed by atoms with Crippen LogP contribution in [0.4, 0.5) is 5.69 Å². The number of hydrogen-bond acceptors (Lipinski definition) is 6. The molecule has 0 spiro atoms. The zero-order chi connectivity index (χ0) is 24.3. The first-order valence-electron chi connectivity index (χ1n) is 10.4. The minimum absolute atomic E-state index is 0.0754. The molecule has 0 saturated carbocycles. The molecular weight excluding hydrogens is 454 g/mol.